The Morgan fingerprint density at radius 3 is 2.62 bits per heavy atom. The first kappa shape index (κ1) is 16.3. The zero-order valence-electron chi connectivity index (χ0n) is 12.5. The number of rotatable bonds is 5. The monoisotopic (exact) mass is 299 g/mol. The van der Waals surface area contributed by atoms with E-state index in [1.165, 1.54) is 6.07 Å². The fraction of sp³-hybridized carbons (Fsp3) is 0.600. The lowest BCUT2D eigenvalue weighted by molar-refractivity contribution is -0.0334. The highest BCUT2D eigenvalue weighted by Gasteiger charge is 2.40. The first-order chi connectivity index (χ1) is 10.0. The molecule has 2 rings (SSSR count). The molecule has 0 bridgehead atoms. The topological polar surface area (TPSA) is 50.5 Å². The number of nitrogens with two attached hydrogens (primary N) is 1. The van der Waals surface area contributed by atoms with Gasteiger partial charge in [0.05, 0.1) is 19.3 Å². The molecule has 1 aliphatic rings. The van der Waals surface area contributed by atoms with E-state index in [0.29, 0.717) is 13.2 Å². The van der Waals surface area contributed by atoms with Gasteiger partial charge >= 0.3 is 0 Å². The molecule has 1 heterocycles. The van der Waals surface area contributed by atoms with Gasteiger partial charge in [0.2, 0.25) is 0 Å². The van der Waals surface area contributed by atoms with Gasteiger partial charge in [-0.25, -0.2) is 8.78 Å². The molecule has 0 radical (unpaired) electrons. The van der Waals surface area contributed by atoms with Crippen LogP contribution in [-0.4, -0.2) is 36.7 Å². The van der Waals surface area contributed by atoms with E-state index in [1.807, 2.05) is 13.8 Å². The van der Waals surface area contributed by atoms with Crippen LogP contribution in [0.3, 0.4) is 0 Å². The lowest BCUT2D eigenvalue weighted by Gasteiger charge is -2.47. The highest BCUT2D eigenvalue weighted by Crippen LogP contribution is 2.35. The van der Waals surface area contributed by atoms with Gasteiger partial charge in [-0.15, -0.1) is 0 Å². The van der Waals surface area contributed by atoms with E-state index in [4.69, 9.17) is 10.6 Å². The first-order valence-electron chi connectivity index (χ1n) is 7.26. The van der Waals surface area contributed by atoms with Crippen molar-refractivity contribution in [3.8, 4) is 0 Å². The Kier molecular flexibility index (Phi) is 5.27. The van der Waals surface area contributed by atoms with Gasteiger partial charge < -0.3 is 4.74 Å². The van der Waals surface area contributed by atoms with Crippen LogP contribution in [0.5, 0.6) is 0 Å². The SMILES string of the molecule is CCC(C)(C(NN)c1cc(F)ccc1F)N1CCOCC1. The molecule has 6 heteroatoms. The molecule has 1 aromatic rings. The first-order valence-corrected chi connectivity index (χ1v) is 7.26. The van der Waals surface area contributed by atoms with Crippen molar-refractivity contribution in [3.63, 3.8) is 0 Å². The largest absolute Gasteiger partial charge is 0.379 e. The van der Waals surface area contributed by atoms with Gasteiger partial charge in [-0.2, -0.15) is 0 Å². The Morgan fingerprint density at radius 1 is 1.38 bits per heavy atom. The van der Waals surface area contributed by atoms with Gasteiger partial charge in [-0.05, 0) is 31.5 Å². The Bertz CT molecular complexity index is 480. The fourth-order valence-electron chi connectivity index (χ4n) is 3.02. The molecule has 3 N–H and O–H groups in total. The lowest BCUT2D eigenvalue weighted by atomic mass is 9.82. The Morgan fingerprint density at radius 2 is 2.05 bits per heavy atom. The molecule has 1 aromatic carbocycles. The van der Waals surface area contributed by atoms with Crippen LogP contribution in [0.2, 0.25) is 0 Å². The number of morpholine rings is 1. The Labute approximate surface area is 124 Å². The second-order valence-electron chi connectivity index (χ2n) is 5.58. The third kappa shape index (κ3) is 3.23. The van der Waals surface area contributed by atoms with E-state index in [9.17, 15) is 8.78 Å². The molecule has 2 unspecified atom stereocenters. The second kappa shape index (κ2) is 6.79. The van der Waals surface area contributed by atoms with E-state index >= 15 is 0 Å². The number of hydrazine groups is 1. The van der Waals surface area contributed by atoms with E-state index in [-0.39, 0.29) is 5.56 Å². The van der Waals surface area contributed by atoms with Gasteiger partial charge in [0.1, 0.15) is 11.6 Å². The number of halogens is 2. The van der Waals surface area contributed by atoms with Crippen LogP contribution in [0, 0.1) is 11.6 Å². The normalized spacial score (nSPS) is 21.0. The number of nitrogens with one attached hydrogen (secondary N) is 1. The third-order valence-electron chi connectivity index (χ3n) is 4.51. The van der Waals surface area contributed by atoms with Crippen molar-refractivity contribution >= 4 is 0 Å². The third-order valence-corrected chi connectivity index (χ3v) is 4.51. The summed E-state index contributed by atoms with van der Waals surface area (Å²) in [5, 5.41) is 0. The molecule has 118 valence electrons. The van der Waals surface area contributed by atoms with Gasteiger partial charge in [-0.3, -0.25) is 16.2 Å². The van der Waals surface area contributed by atoms with E-state index < -0.39 is 23.2 Å². The molecule has 1 fully saturated rings. The maximum Gasteiger partial charge on any atom is 0.128 e. The summed E-state index contributed by atoms with van der Waals surface area (Å²) in [5.41, 5.74) is 2.52. The molecular weight excluding hydrogens is 276 g/mol. The number of benzene rings is 1. The van der Waals surface area contributed by atoms with Gasteiger partial charge in [0.25, 0.3) is 0 Å². The lowest BCUT2D eigenvalue weighted by Crippen LogP contribution is -2.58. The summed E-state index contributed by atoms with van der Waals surface area (Å²) in [5.74, 6) is 4.78. The molecule has 4 nitrogen and oxygen atoms in total. The van der Waals surface area contributed by atoms with Crippen LogP contribution >= 0.6 is 0 Å². The van der Waals surface area contributed by atoms with Crippen LogP contribution in [0.4, 0.5) is 8.78 Å². The summed E-state index contributed by atoms with van der Waals surface area (Å²) >= 11 is 0. The molecule has 0 aromatic heterocycles. The van der Waals surface area contributed by atoms with E-state index in [2.05, 4.69) is 10.3 Å². The number of nitrogens with zero attached hydrogens (tertiary/aromatic N) is 1. The standard InChI is InChI=1S/C15H23F2N3O/c1-3-15(2,20-6-8-21-9-7-20)14(19-18)12-10-11(16)4-5-13(12)17/h4-5,10,14,19H,3,6-9,18H2,1-2H3. The molecule has 0 spiro atoms. The minimum Gasteiger partial charge on any atom is -0.379 e. The summed E-state index contributed by atoms with van der Waals surface area (Å²) in [6.45, 7) is 6.82. The van der Waals surface area contributed by atoms with Crippen LogP contribution in [0.1, 0.15) is 31.9 Å². The van der Waals surface area contributed by atoms with Gasteiger partial charge in [0.15, 0.2) is 0 Å². The summed E-state index contributed by atoms with van der Waals surface area (Å²) in [4.78, 5) is 2.23. The molecule has 2 atom stereocenters. The van der Waals surface area contributed by atoms with Crippen molar-refractivity contribution in [3.05, 3.63) is 35.4 Å². The predicted octanol–water partition coefficient (Wildman–Crippen LogP) is 1.97. The summed E-state index contributed by atoms with van der Waals surface area (Å²) in [6, 6.07) is 2.97. The minimum atomic E-state index is -0.503. The molecule has 0 amide bonds. The van der Waals surface area contributed by atoms with Crippen molar-refractivity contribution in [2.75, 3.05) is 26.3 Å². The van der Waals surface area contributed by atoms with Crippen molar-refractivity contribution in [1.82, 2.24) is 10.3 Å². The quantitative estimate of drug-likeness (QED) is 0.645. The van der Waals surface area contributed by atoms with Crippen LogP contribution in [0.25, 0.3) is 0 Å². The zero-order valence-corrected chi connectivity index (χ0v) is 12.5. The van der Waals surface area contributed by atoms with E-state index in [0.717, 1.165) is 31.6 Å². The number of ether oxygens (including phenoxy) is 1. The van der Waals surface area contributed by atoms with Crippen molar-refractivity contribution < 1.29 is 13.5 Å². The van der Waals surface area contributed by atoms with Gasteiger partial charge in [0, 0.05) is 24.2 Å². The maximum absolute atomic E-state index is 14.1. The molecule has 0 aliphatic carbocycles. The highest BCUT2D eigenvalue weighted by atomic mass is 19.1. The van der Waals surface area contributed by atoms with Crippen LogP contribution < -0.4 is 11.3 Å². The second-order valence-corrected chi connectivity index (χ2v) is 5.58. The summed E-state index contributed by atoms with van der Waals surface area (Å²) < 4.78 is 33.0. The molecule has 0 saturated carbocycles. The molecule has 21 heavy (non-hydrogen) atoms. The molecular formula is C15H23F2N3O. The van der Waals surface area contributed by atoms with Gasteiger partial charge in [-0.1, -0.05) is 6.92 Å². The Balaban J connectivity index is 2.38. The number of hydrogen-bond donors (Lipinski definition) is 2. The smallest absolute Gasteiger partial charge is 0.128 e. The number of hydrogen-bond acceptors (Lipinski definition) is 4. The van der Waals surface area contributed by atoms with Crippen molar-refractivity contribution in [1.29, 1.82) is 0 Å². The van der Waals surface area contributed by atoms with Crippen LogP contribution in [0.15, 0.2) is 18.2 Å². The maximum atomic E-state index is 14.1. The van der Waals surface area contributed by atoms with E-state index in [1.54, 1.807) is 0 Å². The predicted molar refractivity (Wildman–Crippen MR) is 77.5 cm³/mol. The average molecular weight is 299 g/mol. The highest BCUT2D eigenvalue weighted by molar-refractivity contribution is 5.26. The van der Waals surface area contributed by atoms with Crippen molar-refractivity contribution in [2.24, 2.45) is 5.84 Å². The van der Waals surface area contributed by atoms with Crippen LogP contribution in [-0.2, 0) is 4.74 Å². The fourth-order valence-corrected chi connectivity index (χ4v) is 3.02. The molecule has 1 aliphatic heterocycles. The zero-order chi connectivity index (χ0) is 15.5. The minimum absolute atomic E-state index is 0.258. The summed E-state index contributed by atoms with van der Waals surface area (Å²) in [6.07, 6.45) is 0.748. The average Bonchev–Trinajstić information content (AvgIpc) is 2.52. The molecule has 1 saturated heterocycles. The Hall–Kier alpha value is -1.08. The summed E-state index contributed by atoms with van der Waals surface area (Å²) in [7, 11) is 0. The van der Waals surface area contributed by atoms with Crippen molar-refractivity contribution in [2.45, 2.75) is 31.8 Å².